The number of nitrogens with zero attached hydrogens (tertiary/aromatic N) is 1. The second-order valence-corrected chi connectivity index (χ2v) is 7.80. The number of carbonyl (C=O) groups is 1. The Bertz CT molecular complexity index is 732. The molecule has 2 aliphatic heterocycles. The molecule has 4 unspecified atom stereocenters. The number of carbonyl (C=O) groups excluding carboxylic acids is 1. The van der Waals surface area contributed by atoms with Gasteiger partial charge in [0, 0.05) is 12.1 Å². The molecule has 3 aliphatic rings. The zero-order valence-corrected chi connectivity index (χ0v) is 15.0. The number of aryl methyl sites for hydroxylation is 1. The third-order valence-electron chi connectivity index (χ3n) is 5.54. The molecular formula is C18H20F3N3OS. The number of fused-ring (bicyclic) bond motifs is 1. The summed E-state index contributed by atoms with van der Waals surface area (Å²) in [6.07, 6.45) is -3.57. The Morgan fingerprint density at radius 3 is 2.42 bits per heavy atom. The molecule has 2 N–H and O–H groups in total. The van der Waals surface area contributed by atoms with Crippen LogP contribution in [0.2, 0.25) is 0 Å². The molecule has 4 rings (SSSR count). The molecule has 4 nitrogen and oxygen atoms in total. The Morgan fingerprint density at radius 1 is 1.19 bits per heavy atom. The number of thiocarbonyl (C=S) groups is 1. The van der Waals surface area contributed by atoms with Crippen molar-refractivity contribution in [3.8, 4) is 0 Å². The quantitative estimate of drug-likeness (QED) is 0.771. The number of halogens is 3. The van der Waals surface area contributed by atoms with Crippen LogP contribution in [0, 0.1) is 18.8 Å². The highest BCUT2D eigenvalue weighted by molar-refractivity contribution is 7.80. The van der Waals surface area contributed by atoms with Crippen molar-refractivity contribution in [2.45, 2.75) is 50.6 Å². The van der Waals surface area contributed by atoms with E-state index in [1.165, 1.54) is 0 Å². The largest absolute Gasteiger partial charge is 0.392 e. The predicted octanol–water partition coefficient (Wildman–Crippen LogP) is 3.03. The second kappa shape index (κ2) is 6.20. The Hall–Kier alpha value is -1.67. The van der Waals surface area contributed by atoms with Crippen LogP contribution in [0.5, 0.6) is 0 Å². The molecule has 26 heavy (non-hydrogen) atoms. The molecule has 8 heteroatoms. The first-order valence-corrected chi connectivity index (χ1v) is 9.19. The van der Waals surface area contributed by atoms with Gasteiger partial charge in [-0.05, 0) is 44.0 Å². The number of amides is 1. The van der Waals surface area contributed by atoms with Crippen LogP contribution in [0.3, 0.4) is 0 Å². The van der Waals surface area contributed by atoms with Gasteiger partial charge in [0.25, 0.3) is 0 Å². The highest BCUT2D eigenvalue weighted by Gasteiger charge is 2.58. The number of alkyl halides is 3. The van der Waals surface area contributed by atoms with E-state index in [-0.39, 0.29) is 17.6 Å². The third kappa shape index (κ3) is 3.09. The molecule has 1 aromatic carbocycles. The normalized spacial score (nSPS) is 32.2. The second-order valence-electron chi connectivity index (χ2n) is 7.42. The summed E-state index contributed by atoms with van der Waals surface area (Å²) < 4.78 is 41.5. The average Bonchev–Trinajstić information content (AvgIpc) is 3.38. The Balaban J connectivity index is 1.72. The maximum absolute atomic E-state index is 13.8. The molecule has 140 valence electrons. The van der Waals surface area contributed by atoms with Crippen molar-refractivity contribution < 1.29 is 18.0 Å². The molecule has 2 saturated heterocycles. The Labute approximate surface area is 155 Å². The molecule has 0 spiro atoms. The summed E-state index contributed by atoms with van der Waals surface area (Å²) in [6, 6.07) is 7.12. The maximum Gasteiger partial charge on any atom is 0.392 e. The molecule has 1 aliphatic carbocycles. The summed E-state index contributed by atoms with van der Waals surface area (Å²) in [4.78, 5) is 14.2. The van der Waals surface area contributed by atoms with Crippen molar-refractivity contribution in [3.05, 3.63) is 35.4 Å². The molecule has 0 radical (unpaired) electrons. The van der Waals surface area contributed by atoms with Crippen LogP contribution in [-0.2, 0) is 4.79 Å². The minimum absolute atomic E-state index is 0.105. The first kappa shape index (κ1) is 17.7. The summed E-state index contributed by atoms with van der Waals surface area (Å²) >= 11 is 5.27. The van der Waals surface area contributed by atoms with Crippen molar-refractivity contribution in [1.82, 2.24) is 15.5 Å². The van der Waals surface area contributed by atoms with E-state index < -0.39 is 36.1 Å². The Kier molecular flexibility index (Phi) is 4.23. The Morgan fingerprint density at radius 2 is 1.85 bits per heavy atom. The fraction of sp³-hybridized carbons (Fsp3) is 0.556. The van der Waals surface area contributed by atoms with Crippen molar-refractivity contribution in [3.63, 3.8) is 0 Å². The summed E-state index contributed by atoms with van der Waals surface area (Å²) in [6.45, 7) is 1.94. The van der Waals surface area contributed by atoms with Crippen molar-refractivity contribution in [1.29, 1.82) is 0 Å². The molecule has 1 saturated carbocycles. The number of nitrogens with one attached hydrogen (secondary N) is 2. The number of piperidine rings is 1. The van der Waals surface area contributed by atoms with Crippen molar-refractivity contribution in [2.24, 2.45) is 11.8 Å². The topological polar surface area (TPSA) is 44.4 Å². The number of rotatable bonds is 2. The summed E-state index contributed by atoms with van der Waals surface area (Å²) in [7, 11) is 0. The minimum atomic E-state index is -4.44. The first-order valence-electron chi connectivity index (χ1n) is 8.78. The lowest BCUT2D eigenvalue weighted by Gasteiger charge is -2.50. The monoisotopic (exact) mass is 383 g/mol. The van der Waals surface area contributed by atoms with E-state index in [4.69, 9.17) is 12.2 Å². The molecule has 0 bridgehead atoms. The van der Waals surface area contributed by atoms with Gasteiger partial charge in [0.05, 0.1) is 18.0 Å². The van der Waals surface area contributed by atoms with Crippen LogP contribution in [0.4, 0.5) is 13.2 Å². The van der Waals surface area contributed by atoms with Gasteiger partial charge in [0.1, 0.15) is 0 Å². The molecule has 3 fully saturated rings. The number of hydrogen-bond acceptors (Lipinski definition) is 3. The van der Waals surface area contributed by atoms with E-state index in [0.717, 1.165) is 24.0 Å². The third-order valence-corrected chi connectivity index (χ3v) is 5.86. The van der Waals surface area contributed by atoms with Crippen LogP contribution in [0.25, 0.3) is 0 Å². The summed E-state index contributed by atoms with van der Waals surface area (Å²) in [5, 5.41) is 6.03. The van der Waals surface area contributed by atoms with Crippen LogP contribution in [0.15, 0.2) is 24.3 Å². The van der Waals surface area contributed by atoms with Gasteiger partial charge in [0.15, 0.2) is 5.11 Å². The number of benzene rings is 1. The van der Waals surface area contributed by atoms with E-state index in [1.807, 2.05) is 31.2 Å². The lowest BCUT2D eigenvalue weighted by atomic mass is 9.76. The van der Waals surface area contributed by atoms with Gasteiger partial charge in [-0.15, -0.1) is 0 Å². The van der Waals surface area contributed by atoms with E-state index in [9.17, 15) is 18.0 Å². The fourth-order valence-corrected chi connectivity index (χ4v) is 4.43. The average molecular weight is 383 g/mol. The molecule has 0 aromatic heterocycles. The fourth-order valence-electron chi connectivity index (χ4n) is 4.07. The van der Waals surface area contributed by atoms with Crippen LogP contribution in [-0.4, -0.2) is 34.3 Å². The molecule has 1 amide bonds. The van der Waals surface area contributed by atoms with Crippen LogP contribution < -0.4 is 10.6 Å². The predicted molar refractivity (Wildman–Crippen MR) is 94.1 cm³/mol. The van der Waals surface area contributed by atoms with Gasteiger partial charge in [-0.3, -0.25) is 10.1 Å². The SMILES string of the molecule is Cc1ccc(C2CC(C(F)(F)F)C3C(=O)NC(=S)N(C4CC4)C3N2)cc1. The highest BCUT2D eigenvalue weighted by atomic mass is 32.1. The molecule has 4 atom stereocenters. The highest BCUT2D eigenvalue weighted by Crippen LogP contribution is 2.47. The zero-order chi connectivity index (χ0) is 18.6. The summed E-state index contributed by atoms with van der Waals surface area (Å²) in [5.41, 5.74) is 1.85. The van der Waals surface area contributed by atoms with E-state index >= 15 is 0 Å². The molecule has 1 aromatic rings. The first-order chi connectivity index (χ1) is 12.3. The van der Waals surface area contributed by atoms with Gasteiger partial charge < -0.3 is 10.2 Å². The maximum atomic E-state index is 13.8. The van der Waals surface area contributed by atoms with Gasteiger partial charge in [0.2, 0.25) is 5.91 Å². The van der Waals surface area contributed by atoms with Gasteiger partial charge in [-0.1, -0.05) is 29.8 Å². The van der Waals surface area contributed by atoms with Crippen molar-refractivity contribution >= 4 is 23.2 Å². The minimum Gasteiger partial charge on any atom is -0.330 e. The van der Waals surface area contributed by atoms with Gasteiger partial charge in [-0.25, -0.2) is 0 Å². The van der Waals surface area contributed by atoms with E-state index in [2.05, 4.69) is 10.6 Å². The van der Waals surface area contributed by atoms with Crippen LogP contribution >= 0.6 is 12.2 Å². The van der Waals surface area contributed by atoms with Gasteiger partial charge >= 0.3 is 6.18 Å². The lowest BCUT2D eigenvalue weighted by molar-refractivity contribution is -0.210. The smallest absolute Gasteiger partial charge is 0.330 e. The standard InChI is InChI=1S/C18H20F3N3OS/c1-9-2-4-10(5-3-9)13-8-12(18(19,20)21)14-15(22-13)24(11-6-7-11)17(26)23-16(14)25/h2-5,11-15,22H,6-8H2,1H3,(H,23,25,26). The number of hydrogen-bond donors (Lipinski definition) is 2. The zero-order valence-electron chi connectivity index (χ0n) is 14.2. The van der Waals surface area contributed by atoms with Gasteiger partial charge in [-0.2, -0.15) is 13.2 Å². The lowest BCUT2D eigenvalue weighted by Crippen LogP contribution is -2.70. The van der Waals surface area contributed by atoms with E-state index in [1.54, 1.807) is 4.90 Å². The summed E-state index contributed by atoms with van der Waals surface area (Å²) in [5.74, 6) is -3.53. The van der Waals surface area contributed by atoms with E-state index in [0.29, 0.717) is 0 Å². The molecule has 2 heterocycles. The van der Waals surface area contributed by atoms with Crippen LogP contribution in [0.1, 0.15) is 36.4 Å². The molecular weight excluding hydrogens is 363 g/mol. The van der Waals surface area contributed by atoms with Crippen molar-refractivity contribution in [2.75, 3.05) is 0 Å².